The van der Waals surface area contributed by atoms with Gasteiger partial charge >= 0.3 is 30.0 Å². The van der Waals surface area contributed by atoms with E-state index < -0.39 is 86.5 Å². The maximum atomic E-state index is 12.6. The molecule has 2 aliphatic rings. The monoisotopic (exact) mass is 1140 g/mol. The molecule has 2 rings (SSSR count). The summed E-state index contributed by atoms with van der Waals surface area (Å²) in [6.45, 7) is 3.55. The Balaban J connectivity index is 0.0000312. The van der Waals surface area contributed by atoms with Crippen molar-refractivity contribution >= 4 is 35.9 Å². The van der Waals surface area contributed by atoms with Crippen LogP contribution in [0.3, 0.4) is 0 Å². The molecular formula is C56H103N3O20. The van der Waals surface area contributed by atoms with E-state index in [2.05, 4.69) is 10.6 Å². The van der Waals surface area contributed by atoms with Gasteiger partial charge in [0.25, 0.3) is 0 Å². The van der Waals surface area contributed by atoms with Crippen LogP contribution in [0.5, 0.6) is 0 Å². The number of likely N-dealkylation sites (N-methyl/N-ethyl adjacent to an activating group) is 1. The minimum absolute atomic E-state index is 0. The largest absolute Gasteiger partial charge is 0.466 e. The minimum Gasteiger partial charge on any atom is -0.466 e. The number of carbonyl (C=O) groups is 6. The molecule has 8 N–H and O–H groups in total. The number of amides is 2. The lowest BCUT2D eigenvalue weighted by Crippen LogP contribution is -2.69. The maximum Gasteiger partial charge on any atom is 0.407 e. The molecule has 0 radical (unpaired) electrons. The van der Waals surface area contributed by atoms with Gasteiger partial charge in [0.15, 0.2) is 19.1 Å². The van der Waals surface area contributed by atoms with Crippen molar-refractivity contribution in [3.63, 3.8) is 0 Å². The Labute approximate surface area is 470 Å². The molecule has 23 nitrogen and oxygen atoms in total. The van der Waals surface area contributed by atoms with Gasteiger partial charge in [-0.1, -0.05) is 116 Å². The summed E-state index contributed by atoms with van der Waals surface area (Å²) in [4.78, 5) is 71.8. The van der Waals surface area contributed by atoms with Crippen molar-refractivity contribution in [3.8, 4) is 0 Å². The van der Waals surface area contributed by atoms with Crippen molar-refractivity contribution in [1.29, 1.82) is 0 Å². The number of alkyl carbamates (subject to hydrolysis) is 1. The van der Waals surface area contributed by atoms with Crippen molar-refractivity contribution < 1.29 is 102 Å². The summed E-state index contributed by atoms with van der Waals surface area (Å²) < 4.78 is 43.6. The van der Waals surface area contributed by atoms with Gasteiger partial charge in [-0.15, -0.1) is 0 Å². The number of nitrogens with zero attached hydrogens (tertiary/aromatic N) is 1. The first-order valence-electron chi connectivity index (χ1n) is 28.9. The molecule has 4 unspecified atom stereocenters. The molecule has 79 heavy (non-hydrogen) atoms. The topological polar surface area (TPSA) is 322 Å². The molecule has 0 aliphatic carbocycles. The van der Waals surface area contributed by atoms with Gasteiger partial charge in [-0.3, -0.25) is 19.2 Å². The van der Waals surface area contributed by atoms with E-state index in [1.54, 1.807) is 0 Å². The van der Waals surface area contributed by atoms with E-state index >= 15 is 0 Å². The molecule has 0 aromatic rings. The number of aliphatic hydroxyl groups is 6. The first-order valence-corrected chi connectivity index (χ1v) is 28.9. The van der Waals surface area contributed by atoms with E-state index in [-0.39, 0.29) is 51.1 Å². The van der Waals surface area contributed by atoms with Crippen molar-refractivity contribution in [2.24, 2.45) is 0 Å². The Morgan fingerprint density at radius 3 is 1.32 bits per heavy atom. The summed E-state index contributed by atoms with van der Waals surface area (Å²) in [6.07, 6.45) is 11.0. The van der Waals surface area contributed by atoms with Crippen LogP contribution in [-0.2, 0) is 61.9 Å². The van der Waals surface area contributed by atoms with E-state index in [0.717, 1.165) is 155 Å². The molecule has 10 atom stereocenters. The average molecular weight is 1140 g/mol. The third kappa shape index (κ3) is 33.7. The fourth-order valence-electron chi connectivity index (χ4n) is 9.23. The summed E-state index contributed by atoms with van der Waals surface area (Å²) in [5.41, 5.74) is 0. The van der Waals surface area contributed by atoms with Gasteiger partial charge in [0, 0.05) is 26.7 Å². The zero-order valence-corrected chi connectivity index (χ0v) is 48.4. The Morgan fingerprint density at radius 1 is 0.468 bits per heavy atom. The first-order chi connectivity index (χ1) is 37.4. The molecule has 0 aromatic heterocycles. The van der Waals surface area contributed by atoms with E-state index in [1.165, 1.54) is 6.92 Å². The molecule has 23 heteroatoms. The van der Waals surface area contributed by atoms with Gasteiger partial charge in [0.05, 0.1) is 53.7 Å². The van der Waals surface area contributed by atoms with Crippen LogP contribution < -0.4 is 10.6 Å². The fraction of sp³-hybridized carbons (Fsp3) is 0.875. The molecular weight excluding hydrogens is 1030 g/mol. The smallest absolute Gasteiger partial charge is 0.407 e. The van der Waals surface area contributed by atoms with Crippen molar-refractivity contribution in [1.82, 2.24) is 10.6 Å². The summed E-state index contributed by atoms with van der Waals surface area (Å²) in [6, 6.07) is -2.83. The number of nitrogens with one attached hydrogen (secondary N) is 2. The molecule has 2 saturated heterocycles. The number of ether oxygens (including phenoxy) is 8. The third-order valence-corrected chi connectivity index (χ3v) is 13.9. The highest BCUT2D eigenvalue weighted by Crippen LogP contribution is 2.29. The van der Waals surface area contributed by atoms with Crippen molar-refractivity contribution in [3.05, 3.63) is 7.43 Å². The minimum atomic E-state index is -1.77. The standard InChI is InChI=1S/C55H99N3O20.CH3/c1-40(61)56-48-50(67)49(66)42(38-59)77-54(48)78-52-43(39-60)76-53(69)47(51(52)68)57-55(70)75-35-28-22-16-10-9-14-20-26-33-73-45(64)30-24-18-12-6-5-11-17-23-29-44(63)72-32-25-19-13-7-8-15-21-27-34-74-46(65)37-58(3,4)31-36-71-41(2)62;/h42-43,47-54,59-60,66-69H,5-39H2,1-4H3,(H-,56,57,61,70);1H3/q;-1/p+1/t42?,43?,47-,48-,49+,50?,51?,52+,53+,54-;/m1./s1. The molecule has 2 fully saturated rings. The number of rotatable bonds is 44. The lowest BCUT2D eigenvalue weighted by Gasteiger charge is -2.47. The van der Waals surface area contributed by atoms with E-state index in [1.807, 2.05) is 14.1 Å². The van der Waals surface area contributed by atoms with E-state index in [4.69, 9.17) is 37.9 Å². The summed E-state index contributed by atoms with van der Waals surface area (Å²) in [5.74, 6) is -1.43. The number of esters is 4. The second kappa shape index (κ2) is 43.9. The first kappa shape index (κ1) is 73.2. The molecule has 462 valence electrons. The Morgan fingerprint density at radius 2 is 0.886 bits per heavy atom. The van der Waals surface area contributed by atoms with Gasteiger partial charge < -0.3 is 91.1 Å². The molecule has 2 heterocycles. The Hall–Kier alpha value is -3.78. The molecule has 0 aromatic carbocycles. The number of carbonyl (C=O) groups excluding carboxylic acids is 6. The predicted octanol–water partition coefficient (Wildman–Crippen LogP) is 4.34. The number of aliphatic hydroxyl groups excluding tert-OH is 6. The summed E-state index contributed by atoms with van der Waals surface area (Å²) in [7, 11) is 3.81. The van der Waals surface area contributed by atoms with Crippen LogP contribution in [-0.4, -0.2) is 206 Å². The van der Waals surface area contributed by atoms with Crippen molar-refractivity contribution in [2.45, 2.75) is 242 Å². The van der Waals surface area contributed by atoms with E-state index in [9.17, 15) is 59.4 Å². The second-order valence-electron chi connectivity index (χ2n) is 21.4. The summed E-state index contributed by atoms with van der Waals surface area (Å²) >= 11 is 0. The predicted molar refractivity (Wildman–Crippen MR) is 290 cm³/mol. The van der Waals surface area contributed by atoms with Crippen LogP contribution in [0.25, 0.3) is 0 Å². The van der Waals surface area contributed by atoms with Gasteiger partial charge in [-0.05, 0) is 38.5 Å². The number of hydrogen-bond acceptors (Lipinski definition) is 20. The van der Waals surface area contributed by atoms with Crippen LogP contribution in [0.2, 0.25) is 0 Å². The molecule has 0 saturated carbocycles. The third-order valence-electron chi connectivity index (χ3n) is 13.9. The highest BCUT2D eigenvalue weighted by atomic mass is 16.7. The highest BCUT2D eigenvalue weighted by molar-refractivity contribution is 5.73. The lowest BCUT2D eigenvalue weighted by molar-refractivity contribution is -0.883. The lowest BCUT2D eigenvalue weighted by atomic mass is 9.94. The molecule has 0 spiro atoms. The van der Waals surface area contributed by atoms with Crippen LogP contribution in [0, 0.1) is 7.43 Å². The zero-order valence-electron chi connectivity index (χ0n) is 48.4. The number of quaternary nitrogens is 1. The molecule has 2 amide bonds. The van der Waals surface area contributed by atoms with Crippen LogP contribution in [0.1, 0.15) is 181 Å². The highest BCUT2D eigenvalue weighted by Gasteiger charge is 2.51. The van der Waals surface area contributed by atoms with Crippen LogP contribution in [0.4, 0.5) is 4.79 Å². The Kier molecular flexibility index (Phi) is 40.7. The molecule has 2 aliphatic heterocycles. The van der Waals surface area contributed by atoms with E-state index in [0.29, 0.717) is 50.1 Å². The second-order valence-corrected chi connectivity index (χ2v) is 21.4. The zero-order chi connectivity index (χ0) is 57.6. The van der Waals surface area contributed by atoms with Gasteiger partial charge in [-0.2, -0.15) is 0 Å². The van der Waals surface area contributed by atoms with Gasteiger partial charge in [0.1, 0.15) is 61.9 Å². The SMILES string of the molecule is CC(=O)N[C@@H]1C(O)[C@@H](O)C(CO)O[C@@H]1O[C@H]1C(CO)O[C@H](O)[C@H](NC(=O)OCCCCCCCCCCOC(=O)CCCCCCCCCCC(=O)OCCCCCCCCCCOC(=O)C[N+](C)(C)CCOC(C)=O)C1O.[CH3-]. The van der Waals surface area contributed by atoms with Crippen LogP contribution >= 0.6 is 0 Å². The normalized spacial score (nSPS) is 23.0. The average Bonchev–Trinajstić information content (AvgIpc) is 3.47. The number of unbranched alkanes of at least 4 members (excludes halogenated alkanes) is 21. The van der Waals surface area contributed by atoms with Gasteiger partial charge in [0.2, 0.25) is 5.91 Å². The van der Waals surface area contributed by atoms with Gasteiger partial charge in [-0.25, -0.2) is 9.59 Å². The molecule has 0 bridgehead atoms. The van der Waals surface area contributed by atoms with Crippen LogP contribution in [0.15, 0.2) is 0 Å². The van der Waals surface area contributed by atoms with Crippen molar-refractivity contribution in [2.75, 3.05) is 73.4 Å². The Bertz CT molecular complexity index is 1660. The fourth-order valence-corrected chi connectivity index (χ4v) is 9.23. The maximum absolute atomic E-state index is 12.6. The summed E-state index contributed by atoms with van der Waals surface area (Å²) in [5, 5.41) is 66.8. The number of hydrogen-bond donors (Lipinski definition) is 8. The quantitative estimate of drug-likeness (QED) is 0.0138.